The van der Waals surface area contributed by atoms with Crippen LogP contribution in [0.1, 0.15) is 17.3 Å². The normalized spacial score (nSPS) is 10.0. The molecule has 0 radical (unpaired) electrons. The van der Waals surface area contributed by atoms with Crippen molar-refractivity contribution in [1.82, 2.24) is 0 Å². The molecule has 0 saturated heterocycles. The number of hydrogen-bond acceptors (Lipinski definition) is 2. The van der Waals surface area contributed by atoms with Crippen molar-refractivity contribution in [2.75, 3.05) is 11.2 Å². The van der Waals surface area contributed by atoms with Crippen LogP contribution in [0, 0.1) is 11.6 Å². The molecule has 0 heterocycles. The fourth-order valence-electron chi connectivity index (χ4n) is 1.13. The van der Waals surface area contributed by atoms with Gasteiger partial charge in [-0.3, -0.25) is 9.59 Å². The maximum Gasteiger partial charge on any atom is 0.221 e. The quantitative estimate of drug-likeness (QED) is 0.658. The summed E-state index contributed by atoms with van der Waals surface area (Å²) in [5.74, 6) is -3.78. The van der Waals surface area contributed by atoms with Gasteiger partial charge in [-0.2, -0.15) is 0 Å². The molecule has 0 bridgehead atoms. The van der Waals surface area contributed by atoms with Crippen molar-refractivity contribution in [3.05, 3.63) is 29.3 Å². The number of anilines is 1. The van der Waals surface area contributed by atoms with Crippen LogP contribution in [0.3, 0.4) is 0 Å². The molecule has 0 aliphatic carbocycles. The Morgan fingerprint density at radius 2 is 2.00 bits per heavy atom. The summed E-state index contributed by atoms with van der Waals surface area (Å²) >= 11 is 5.26. The van der Waals surface area contributed by atoms with Crippen LogP contribution in [0.4, 0.5) is 14.5 Å². The first-order chi connectivity index (χ1) is 7.47. The molecule has 86 valence electrons. The number of Topliss-reactive ketones (excluding diaryl/α,β-unsaturated/α-hetero) is 1. The van der Waals surface area contributed by atoms with Gasteiger partial charge in [-0.15, -0.1) is 11.6 Å². The lowest BCUT2D eigenvalue weighted by atomic mass is 10.1. The lowest BCUT2D eigenvalue weighted by Crippen LogP contribution is -2.13. The number of ketones is 1. The highest BCUT2D eigenvalue weighted by Crippen LogP contribution is 2.22. The van der Waals surface area contributed by atoms with E-state index in [-0.39, 0.29) is 5.56 Å². The van der Waals surface area contributed by atoms with Crippen LogP contribution in [0.5, 0.6) is 0 Å². The number of alkyl halides is 1. The van der Waals surface area contributed by atoms with Gasteiger partial charge in [0.2, 0.25) is 5.91 Å². The Labute approximate surface area is 95.4 Å². The Morgan fingerprint density at radius 3 is 2.50 bits per heavy atom. The first-order valence-electron chi connectivity index (χ1n) is 4.32. The van der Waals surface area contributed by atoms with Crippen molar-refractivity contribution >= 4 is 29.0 Å². The van der Waals surface area contributed by atoms with E-state index in [1.807, 2.05) is 5.32 Å². The maximum absolute atomic E-state index is 13.6. The summed E-state index contributed by atoms with van der Waals surface area (Å²) in [4.78, 5) is 21.9. The van der Waals surface area contributed by atoms with Crippen molar-refractivity contribution in [3.63, 3.8) is 0 Å². The molecule has 1 rings (SSSR count). The van der Waals surface area contributed by atoms with Crippen molar-refractivity contribution in [1.29, 1.82) is 0 Å². The zero-order chi connectivity index (χ0) is 12.3. The molecule has 0 aliphatic heterocycles. The van der Waals surface area contributed by atoms with Gasteiger partial charge in [0, 0.05) is 6.92 Å². The largest absolute Gasteiger partial charge is 0.321 e. The van der Waals surface area contributed by atoms with E-state index in [0.717, 1.165) is 19.1 Å². The number of benzene rings is 1. The van der Waals surface area contributed by atoms with Gasteiger partial charge in [-0.25, -0.2) is 8.78 Å². The average molecular weight is 248 g/mol. The Morgan fingerprint density at radius 1 is 1.38 bits per heavy atom. The third kappa shape index (κ3) is 2.55. The summed E-state index contributed by atoms with van der Waals surface area (Å²) < 4.78 is 26.8. The fourth-order valence-corrected chi connectivity index (χ4v) is 1.27. The predicted molar refractivity (Wildman–Crippen MR) is 55.7 cm³/mol. The Balaban J connectivity index is 3.26. The molecule has 0 saturated carbocycles. The monoisotopic (exact) mass is 247 g/mol. The third-order valence-electron chi connectivity index (χ3n) is 1.81. The third-order valence-corrected chi connectivity index (χ3v) is 2.06. The fraction of sp³-hybridized carbons (Fsp3) is 0.200. The van der Waals surface area contributed by atoms with Gasteiger partial charge in [0.15, 0.2) is 11.6 Å². The molecule has 3 nitrogen and oxygen atoms in total. The van der Waals surface area contributed by atoms with Crippen LogP contribution < -0.4 is 5.32 Å². The molecular formula is C10H8ClF2NO2. The highest BCUT2D eigenvalue weighted by Gasteiger charge is 2.18. The smallest absolute Gasteiger partial charge is 0.221 e. The summed E-state index contributed by atoms with van der Waals surface area (Å²) in [6.45, 7) is 1.11. The van der Waals surface area contributed by atoms with Gasteiger partial charge in [0.05, 0.1) is 11.4 Å². The first kappa shape index (κ1) is 12.6. The van der Waals surface area contributed by atoms with Crippen LogP contribution in [-0.4, -0.2) is 17.6 Å². The number of nitrogens with one attached hydrogen (secondary N) is 1. The highest BCUT2D eigenvalue weighted by molar-refractivity contribution is 6.30. The zero-order valence-corrected chi connectivity index (χ0v) is 9.07. The van der Waals surface area contributed by atoms with E-state index in [1.54, 1.807) is 0 Å². The number of amides is 1. The van der Waals surface area contributed by atoms with Crippen LogP contribution in [-0.2, 0) is 4.79 Å². The summed E-state index contributed by atoms with van der Waals surface area (Å²) in [6.07, 6.45) is 0. The summed E-state index contributed by atoms with van der Waals surface area (Å²) in [5.41, 5.74) is -0.983. The number of rotatable bonds is 3. The van der Waals surface area contributed by atoms with E-state index in [9.17, 15) is 18.4 Å². The van der Waals surface area contributed by atoms with E-state index >= 15 is 0 Å². The predicted octanol–water partition coefficient (Wildman–Crippen LogP) is 2.34. The maximum atomic E-state index is 13.6. The van der Waals surface area contributed by atoms with Crippen molar-refractivity contribution in [2.24, 2.45) is 0 Å². The topological polar surface area (TPSA) is 46.2 Å². The summed E-state index contributed by atoms with van der Waals surface area (Å²) in [6, 6.07) is 1.88. The SMILES string of the molecule is CC(=O)Nc1c(F)ccc(C(=O)CCl)c1F. The molecule has 0 unspecified atom stereocenters. The summed E-state index contributed by atoms with van der Waals surface area (Å²) in [7, 11) is 0. The highest BCUT2D eigenvalue weighted by atomic mass is 35.5. The van der Waals surface area contributed by atoms with E-state index in [1.165, 1.54) is 0 Å². The zero-order valence-electron chi connectivity index (χ0n) is 8.31. The molecule has 0 aliphatic rings. The number of carbonyl (C=O) groups is 2. The summed E-state index contributed by atoms with van der Waals surface area (Å²) in [5, 5.41) is 1.98. The van der Waals surface area contributed by atoms with Crippen LogP contribution >= 0.6 is 11.6 Å². The standard InChI is InChI=1S/C10H8ClF2NO2/c1-5(15)14-10-7(12)3-2-6(9(10)13)8(16)4-11/h2-3H,4H2,1H3,(H,14,15). The molecular weight excluding hydrogens is 240 g/mol. The van der Waals surface area contributed by atoms with Gasteiger partial charge in [-0.1, -0.05) is 0 Å². The van der Waals surface area contributed by atoms with Crippen LogP contribution in [0.2, 0.25) is 0 Å². The minimum Gasteiger partial charge on any atom is -0.321 e. The van der Waals surface area contributed by atoms with Gasteiger partial charge in [0.1, 0.15) is 11.5 Å². The van der Waals surface area contributed by atoms with E-state index in [2.05, 4.69) is 0 Å². The Hall–Kier alpha value is -1.49. The minimum atomic E-state index is -1.11. The molecule has 6 heteroatoms. The lowest BCUT2D eigenvalue weighted by Gasteiger charge is -2.08. The van der Waals surface area contributed by atoms with Gasteiger partial charge in [0.25, 0.3) is 0 Å². The Bertz CT molecular complexity index is 449. The number of halogens is 3. The molecule has 0 aromatic heterocycles. The molecule has 0 spiro atoms. The molecule has 0 atom stereocenters. The van der Waals surface area contributed by atoms with Gasteiger partial charge < -0.3 is 5.32 Å². The molecule has 1 amide bonds. The molecule has 1 aromatic carbocycles. The van der Waals surface area contributed by atoms with E-state index in [4.69, 9.17) is 11.6 Å². The Kier molecular flexibility index (Phi) is 3.95. The van der Waals surface area contributed by atoms with Crippen molar-refractivity contribution in [3.8, 4) is 0 Å². The van der Waals surface area contributed by atoms with Gasteiger partial charge in [-0.05, 0) is 12.1 Å². The van der Waals surface area contributed by atoms with Gasteiger partial charge >= 0.3 is 0 Å². The molecule has 0 fully saturated rings. The molecule has 16 heavy (non-hydrogen) atoms. The molecule has 1 aromatic rings. The van der Waals surface area contributed by atoms with Crippen LogP contribution in [0.15, 0.2) is 12.1 Å². The first-order valence-corrected chi connectivity index (χ1v) is 4.85. The second-order valence-electron chi connectivity index (χ2n) is 3.02. The lowest BCUT2D eigenvalue weighted by molar-refractivity contribution is -0.114. The van der Waals surface area contributed by atoms with Crippen molar-refractivity contribution < 1.29 is 18.4 Å². The number of hydrogen-bond donors (Lipinski definition) is 1. The molecule has 1 N–H and O–H groups in total. The van der Waals surface area contributed by atoms with Crippen LogP contribution in [0.25, 0.3) is 0 Å². The average Bonchev–Trinajstić information content (AvgIpc) is 2.23. The second kappa shape index (κ2) is 5.03. The second-order valence-corrected chi connectivity index (χ2v) is 3.29. The van der Waals surface area contributed by atoms with Crippen molar-refractivity contribution in [2.45, 2.75) is 6.92 Å². The van der Waals surface area contributed by atoms with E-state index in [0.29, 0.717) is 0 Å². The number of carbonyl (C=O) groups excluding carboxylic acids is 2. The minimum absolute atomic E-state index is 0.347. The van der Waals surface area contributed by atoms with E-state index < -0.39 is 34.9 Å².